The topological polar surface area (TPSA) is 47.9 Å². The maximum absolute atomic E-state index is 5.95. The molecule has 0 aliphatic carbocycles. The molecule has 1 heterocycles. The Labute approximate surface area is 113 Å². The Hall–Kier alpha value is -1.10. The van der Waals surface area contributed by atoms with Crippen LogP contribution in [0.4, 0.5) is 0 Å². The molecule has 0 spiro atoms. The molecule has 1 aromatic carbocycles. The zero-order chi connectivity index (χ0) is 12.4. The molecule has 0 radical (unpaired) electrons. The molecule has 2 aromatic rings. The van der Waals surface area contributed by atoms with Crippen molar-refractivity contribution < 1.29 is 4.74 Å². The minimum atomic E-state index is 0.0672. The fraction of sp³-hybridized carbons (Fsp3) is 0.100. The van der Waals surface area contributed by atoms with Crippen molar-refractivity contribution >= 4 is 34.8 Å². The molecule has 17 heavy (non-hydrogen) atoms. The largest absolute Gasteiger partial charge is 0.423 e. The van der Waals surface area contributed by atoms with E-state index in [4.69, 9.17) is 39.5 Å². The molecule has 2 rings (SSSR count). The lowest BCUT2D eigenvalue weighted by Gasteiger charge is -2.06. The monoisotopic (exact) mass is 289 g/mol. The Morgan fingerprint density at radius 1 is 1.06 bits per heavy atom. The van der Waals surface area contributed by atoms with E-state index >= 15 is 0 Å². The Kier molecular flexibility index (Phi) is 3.66. The number of halogens is 3. The Balaban J connectivity index is 2.31. The molecule has 0 atom stereocenters. The predicted octanol–water partition coefficient (Wildman–Crippen LogP) is 3.93. The van der Waals surface area contributed by atoms with Crippen LogP contribution in [0.3, 0.4) is 0 Å². The second-order valence-electron chi connectivity index (χ2n) is 3.11. The molecular weight excluding hydrogens is 284 g/mol. The molecule has 0 unspecified atom stereocenters. The average Bonchev–Trinajstić information content (AvgIpc) is 2.21. The highest BCUT2D eigenvalue weighted by molar-refractivity contribution is 6.35. The molecule has 0 N–H and O–H groups in total. The summed E-state index contributed by atoms with van der Waals surface area (Å²) >= 11 is 17.4. The average molecular weight is 291 g/mol. The van der Waals surface area contributed by atoms with Gasteiger partial charge in [0.1, 0.15) is 11.6 Å². The van der Waals surface area contributed by atoms with E-state index < -0.39 is 0 Å². The minimum Gasteiger partial charge on any atom is -0.423 e. The van der Waals surface area contributed by atoms with Gasteiger partial charge in [-0.25, -0.2) is 4.98 Å². The van der Waals surface area contributed by atoms with Crippen molar-refractivity contribution in [3.63, 3.8) is 0 Å². The van der Waals surface area contributed by atoms with E-state index in [0.717, 1.165) is 0 Å². The van der Waals surface area contributed by atoms with Crippen LogP contribution in [0, 0.1) is 6.92 Å². The van der Waals surface area contributed by atoms with Crippen molar-refractivity contribution in [1.82, 2.24) is 15.0 Å². The van der Waals surface area contributed by atoms with E-state index in [1.165, 1.54) is 0 Å². The smallest absolute Gasteiger partial charge is 0.326 e. The van der Waals surface area contributed by atoms with Gasteiger partial charge in [-0.1, -0.05) is 23.2 Å². The second kappa shape index (κ2) is 5.04. The van der Waals surface area contributed by atoms with E-state index in [2.05, 4.69) is 15.0 Å². The summed E-state index contributed by atoms with van der Waals surface area (Å²) in [7, 11) is 0. The number of ether oxygens (including phenoxy) is 1. The number of hydrogen-bond donors (Lipinski definition) is 0. The first-order valence-corrected chi connectivity index (χ1v) is 5.69. The summed E-state index contributed by atoms with van der Waals surface area (Å²) in [6.07, 6.45) is 0. The summed E-state index contributed by atoms with van der Waals surface area (Å²) in [4.78, 5) is 11.6. The van der Waals surface area contributed by atoms with Crippen LogP contribution >= 0.6 is 34.8 Å². The van der Waals surface area contributed by atoms with Gasteiger partial charge >= 0.3 is 6.01 Å². The lowest BCUT2D eigenvalue weighted by atomic mass is 10.3. The van der Waals surface area contributed by atoms with Gasteiger partial charge in [0.25, 0.3) is 0 Å². The normalized spacial score (nSPS) is 10.4. The van der Waals surface area contributed by atoms with Gasteiger partial charge in [0.15, 0.2) is 0 Å². The van der Waals surface area contributed by atoms with Gasteiger partial charge in [0.05, 0.1) is 5.02 Å². The van der Waals surface area contributed by atoms with E-state index in [9.17, 15) is 0 Å². The van der Waals surface area contributed by atoms with E-state index in [1.807, 2.05) is 0 Å². The lowest BCUT2D eigenvalue weighted by Crippen LogP contribution is -1.97. The van der Waals surface area contributed by atoms with Crippen molar-refractivity contribution in [3.8, 4) is 11.8 Å². The molecule has 0 amide bonds. The fourth-order valence-corrected chi connectivity index (χ4v) is 1.77. The zero-order valence-corrected chi connectivity index (χ0v) is 10.9. The van der Waals surface area contributed by atoms with Crippen LogP contribution in [0.5, 0.6) is 11.8 Å². The number of rotatable bonds is 2. The van der Waals surface area contributed by atoms with Crippen molar-refractivity contribution in [2.24, 2.45) is 0 Å². The maximum atomic E-state index is 5.95. The summed E-state index contributed by atoms with van der Waals surface area (Å²) < 4.78 is 5.39. The third-order valence-corrected chi connectivity index (χ3v) is 2.49. The first-order chi connectivity index (χ1) is 8.04. The Morgan fingerprint density at radius 3 is 2.47 bits per heavy atom. The first kappa shape index (κ1) is 12.4. The number of nitrogens with zero attached hydrogens (tertiary/aromatic N) is 3. The first-order valence-electron chi connectivity index (χ1n) is 4.55. The van der Waals surface area contributed by atoms with Gasteiger partial charge in [-0.3, -0.25) is 0 Å². The van der Waals surface area contributed by atoms with Gasteiger partial charge in [0, 0.05) is 5.02 Å². The predicted molar refractivity (Wildman–Crippen MR) is 66.1 cm³/mol. The minimum absolute atomic E-state index is 0.0672. The Bertz CT molecular complexity index is 542. The van der Waals surface area contributed by atoms with Crippen LogP contribution in [0.25, 0.3) is 0 Å². The zero-order valence-electron chi connectivity index (χ0n) is 8.62. The van der Waals surface area contributed by atoms with E-state index in [0.29, 0.717) is 21.6 Å². The molecule has 0 fully saturated rings. The van der Waals surface area contributed by atoms with Gasteiger partial charge in [-0.05, 0) is 36.7 Å². The van der Waals surface area contributed by atoms with Crippen LogP contribution in [-0.4, -0.2) is 15.0 Å². The highest BCUT2D eigenvalue weighted by atomic mass is 35.5. The quantitative estimate of drug-likeness (QED) is 0.840. The molecular formula is C10H6Cl3N3O. The highest BCUT2D eigenvalue weighted by Gasteiger charge is 2.08. The van der Waals surface area contributed by atoms with Crippen LogP contribution in [0.1, 0.15) is 5.82 Å². The molecule has 4 nitrogen and oxygen atoms in total. The van der Waals surface area contributed by atoms with Crippen LogP contribution < -0.4 is 4.74 Å². The molecule has 88 valence electrons. The third-order valence-electron chi connectivity index (χ3n) is 1.79. The van der Waals surface area contributed by atoms with Crippen molar-refractivity contribution in [3.05, 3.63) is 39.4 Å². The lowest BCUT2D eigenvalue weighted by molar-refractivity contribution is 0.437. The van der Waals surface area contributed by atoms with Gasteiger partial charge in [0.2, 0.25) is 5.28 Å². The molecule has 0 saturated carbocycles. The number of benzene rings is 1. The number of aryl methyl sites for hydroxylation is 1. The summed E-state index contributed by atoms with van der Waals surface area (Å²) in [5.74, 6) is 0.864. The van der Waals surface area contributed by atoms with Crippen LogP contribution in [0.2, 0.25) is 15.3 Å². The van der Waals surface area contributed by atoms with Crippen LogP contribution in [0.15, 0.2) is 18.2 Å². The Morgan fingerprint density at radius 2 is 1.82 bits per heavy atom. The highest BCUT2D eigenvalue weighted by Crippen LogP contribution is 2.30. The number of aromatic nitrogens is 3. The molecule has 1 aromatic heterocycles. The SMILES string of the molecule is Cc1nc(Cl)nc(Oc2ccc(Cl)cc2Cl)n1. The molecule has 0 saturated heterocycles. The van der Waals surface area contributed by atoms with Crippen molar-refractivity contribution in [2.75, 3.05) is 0 Å². The van der Waals surface area contributed by atoms with Crippen LogP contribution in [-0.2, 0) is 0 Å². The summed E-state index contributed by atoms with van der Waals surface area (Å²) in [5.41, 5.74) is 0. The standard InChI is InChI=1S/C10H6Cl3N3O/c1-5-14-9(13)16-10(15-5)17-8-3-2-6(11)4-7(8)12/h2-4H,1H3. The molecule has 0 bridgehead atoms. The van der Waals surface area contributed by atoms with Gasteiger partial charge in [-0.2, -0.15) is 9.97 Å². The molecule has 7 heteroatoms. The maximum Gasteiger partial charge on any atom is 0.326 e. The molecule has 0 aliphatic heterocycles. The summed E-state index contributed by atoms with van der Waals surface area (Å²) in [6.45, 7) is 1.68. The van der Waals surface area contributed by atoms with Crippen molar-refractivity contribution in [1.29, 1.82) is 0 Å². The van der Waals surface area contributed by atoms with Gasteiger partial charge in [-0.15, -0.1) is 0 Å². The second-order valence-corrected chi connectivity index (χ2v) is 4.29. The van der Waals surface area contributed by atoms with E-state index in [-0.39, 0.29) is 11.3 Å². The molecule has 0 aliphatic rings. The van der Waals surface area contributed by atoms with Crippen molar-refractivity contribution in [2.45, 2.75) is 6.92 Å². The number of hydrogen-bond acceptors (Lipinski definition) is 4. The summed E-state index contributed by atoms with van der Waals surface area (Å²) in [5, 5.41) is 0.955. The van der Waals surface area contributed by atoms with Gasteiger partial charge < -0.3 is 4.74 Å². The van der Waals surface area contributed by atoms with E-state index in [1.54, 1.807) is 25.1 Å². The third kappa shape index (κ3) is 3.19. The fourth-order valence-electron chi connectivity index (χ4n) is 1.13. The summed E-state index contributed by atoms with van der Waals surface area (Å²) in [6, 6.07) is 4.93.